The molecule has 2 aliphatic carbocycles. The van der Waals surface area contributed by atoms with E-state index < -0.39 is 0 Å². The SMILES string of the molecule is O=C1Cc2cnc(Nc3ccccc3)nc2C2=C(C=CC3CC23)N1c1ccccc1. The highest BCUT2D eigenvalue weighted by Crippen LogP contribution is 2.54. The summed E-state index contributed by atoms with van der Waals surface area (Å²) >= 11 is 0. The Morgan fingerprint density at radius 2 is 1.77 bits per heavy atom. The number of para-hydroxylation sites is 2. The normalized spacial score (nSPS) is 21.5. The minimum atomic E-state index is 0.0450. The molecule has 0 saturated heterocycles. The molecule has 1 N–H and O–H groups in total. The number of nitrogens with zero attached hydrogens (tertiary/aromatic N) is 3. The fourth-order valence-corrected chi connectivity index (χ4v) is 4.46. The number of hydrogen-bond donors (Lipinski definition) is 1. The lowest BCUT2D eigenvalue weighted by Gasteiger charge is -2.26. The number of aromatic nitrogens is 2. The minimum Gasteiger partial charge on any atom is -0.324 e. The monoisotopic (exact) mass is 392 g/mol. The van der Waals surface area contributed by atoms with E-state index in [1.54, 1.807) is 6.20 Å². The molecular weight excluding hydrogens is 372 g/mol. The molecule has 1 amide bonds. The second-order valence-electron chi connectivity index (χ2n) is 7.96. The summed E-state index contributed by atoms with van der Waals surface area (Å²) in [5, 5.41) is 3.29. The number of amides is 1. The van der Waals surface area contributed by atoms with E-state index in [0.717, 1.165) is 34.8 Å². The van der Waals surface area contributed by atoms with E-state index >= 15 is 0 Å². The van der Waals surface area contributed by atoms with Crippen LogP contribution in [0.2, 0.25) is 0 Å². The quantitative estimate of drug-likeness (QED) is 0.700. The first-order valence-corrected chi connectivity index (χ1v) is 10.3. The zero-order valence-corrected chi connectivity index (χ0v) is 16.3. The summed E-state index contributed by atoms with van der Waals surface area (Å²) in [6, 6.07) is 19.8. The van der Waals surface area contributed by atoms with Crippen LogP contribution in [-0.2, 0) is 11.2 Å². The lowest BCUT2D eigenvalue weighted by atomic mass is 9.96. The third-order valence-electron chi connectivity index (χ3n) is 5.98. The Bertz CT molecular complexity index is 1200. The van der Waals surface area contributed by atoms with E-state index in [4.69, 9.17) is 4.98 Å². The van der Waals surface area contributed by atoms with Crippen molar-refractivity contribution in [2.45, 2.75) is 12.8 Å². The summed E-state index contributed by atoms with van der Waals surface area (Å²) in [5.74, 6) is 1.56. The molecule has 1 saturated carbocycles. The van der Waals surface area contributed by atoms with E-state index in [9.17, 15) is 4.79 Å². The van der Waals surface area contributed by atoms with Gasteiger partial charge in [-0.2, -0.15) is 0 Å². The lowest BCUT2D eigenvalue weighted by molar-refractivity contribution is -0.117. The largest absolute Gasteiger partial charge is 0.324 e. The second kappa shape index (κ2) is 6.66. The maximum atomic E-state index is 13.3. The molecule has 0 radical (unpaired) electrons. The van der Waals surface area contributed by atoms with Gasteiger partial charge in [-0.3, -0.25) is 9.69 Å². The van der Waals surface area contributed by atoms with E-state index in [-0.39, 0.29) is 12.3 Å². The first-order valence-electron chi connectivity index (χ1n) is 10.3. The van der Waals surface area contributed by atoms with Crippen LogP contribution in [0.1, 0.15) is 17.7 Å². The van der Waals surface area contributed by atoms with E-state index in [2.05, 4.69) is 22.5 Å². The summed E-state index contributed by atoms with van der Waals surface area (Å²) in [6.45, 7) is 0. The summed E-state index contributed by atoms with van der Waals surface area (Å²) in [7, 11) is 0. The van der Waals surface area contributed by atoms with Gasteiger partial charge in [0.2, 0.25) is 11.9 Å². The summed E-state index contributed by atoms with van der Waals surface area (Å²) in [5.41, 5.74) is 5.75. The number of benzene rings is 2. The molecule has 2 heterocycles. The Labute approximate surface area is 174 Å². The second-order valence-corrected chi connectivity index (χ2v) is 7.96. The molecule has 2 unspecified atom stereocenters. The van der Waals surface area contributed by atoms with Crippen molar-refractivity contribution in [3.8, 4) is 0 Å². The summed E-state index contributed by atoms with van der Waals surface area (Å²) in [6.07, 6.45) is 7.55. The highest BCUT2D eigenvalue weighted by atomic mass is 16.2. The fourth-order valence-electron chi connectivity index (χ4n) is 4.46. The van der Waals surface area contributed by atoms with Crippen LogP contribution in [0, 0.1) is 11.8 Å². The fraction of sp³-hybridized carbons (Fsp3) is 0.160. The number of carbonyl (C=O) groups is 1. The van der Waals surface area contributed by atoms with Crippen molar-refractivity contribution in [2.24, 2.45) is 11.8 Å². The van der Waals surface area contributed by atoms with E-state index in [1.165, 1.54) is 5.57 Å². The highest BCUT2D eigenvalue weighted by molar-refractivity contribution is 6.03. The number of fused-ring (bicyclic) bond motifs is 4. The zero-order valence-electron chi connectivity index (χ0n) is 16.3. The van der Waals surface area contributed by atoms with Crippen LogP contribution in [0.3, 0.4) is 0 Å². The molecule has 1 aliphatic heterocycles. The molecule has 3 aliphatic rings. The average molecular weight is 392 g/mol. The van der Waals surface area contributed by atoms with Crippen LogP contribution < -0.4 is 10.2 Å². The number of nitrogens with one attached hydrogen (secondary N) is 1. The Morgan fingerprint density at radius 1 is 1.00 bits per heavy atom. The Kier molecular flexibility index (Phi) is 3.81. The average Bonchev–Trinajstić information content (AvgIpc) is 3.57. The Morgan fingerprint density at radius 3 is 2.57 bits per heavy atom. The molecule has 1 aromatic heterocycles. The molecular formula is C25H20N4O. The number of anilines is 3. The van der Waals surface area contributed by atoms with Gasteiger partial charge in [0.15, 0.2) is 0 Å². The summed E-state index contributed by atoms with van der Waals surface area (Å²) < 4.78 is 0. The molecule has 2 aromatic carbocycles. The third kappa shape index (κ3) is 2.82. The Hall–Kier alpha value is -3.73. The van der Waals surface area contributed by atoms with Gasteiger partial charge in [0.25, 0.3) is 0 Å². The van der Waals surface area contributed by atoms with Crippen molar-refractivity contribution in [3.05, 3.63) is 96.0 Å². The number of hydrogen-bond acceptors (Lipinski definition) is 4. The lowest BCUT2D eigenvalue weighted by Crippen LogP contribution is -2.30. The van der Waals surface area contributed by atoms with Crippen molar-refractivity contribution < 1.29 is 4.79 Å². The molecule has 30 heavy (non-hydrogen) atoms. The first kappa shape index (κ1) is 17.2. The van der Waals surface area contributed by atoms with Crippen LogP contribution in [0.25, 0.3) is 5.57 Å². The van der Waals surface area contributed by atoms with Gasteiger partial charge in [-0.15, -0.1) is 0 Å². The zero-order chi connectivity index (χ0) is 20.1. The predicted molar refractivity (Wildman–Crippen MR) is 117 cm³/mol. The molecule has 146 valence electrons. The molecule has 6 rings (SSSR count). The third-order valence-corrected chi connectivity index (χ3v) is 5.98. The van der Waals surface area contributed by atoms with E-state index in [0.29, 0.717) is 17.8 Å². The maximum Gasteiger partial charge on any atom is 0.236 e. The molecule has 2 atom stereocenters. The maximum absolute atomic E-state index is 13.3. The van der Waals surface area contributed by atoms with Gasteiger partial charge in [0, 0.05) is 28.7 Å². The number of allylic oxidation sites excluding steroid dienone is 3. The van der Waals surface area contributed by atoms with Gasteiger partial charge in [0.1, 0.15) is 0 Å². The molecule has 5 heteroatoms. The highest BCUT2D eigenvalue weighted by Gasteiger charge is 2.46. The van der Waals surface area contributed by atoms with Crippen molar-refractivity contribution in [1.82, 2.24) is 9.97 Å². The minimum absolute atomic E-state index is 0.0450. The smallest absolute Gasteiger partial charge is 0.236 e. The predicted octanol–water partition coefficient (Wildman–Crippen LogP) is 4.73. The molecule has 1 fully saturated rings. The van der Waals surface area contributed by atoms with Gasteiger partial charge < -0.3 is 5.32 Å². The van der Waals surface area contributed by atoms with Crippen LogP contribution >= 0.6 is 0 Å². The van der Waals surface area contributed by atoms with Crippen molar-refractivity contribution in [2.75, 3.05) is 10.2 Å². The standard InChI is InChI=1S/C25H20N4O/c30-22-14-17-15-26-25(27-18-7-3-1-4-8-18)28-24(17)23-20-13-16(20)11-12-21(23)29(22)19-9-5-2-6-10-19/h1-12,15-16,20H,13-14H2,(H,26,27,28). The van der Waals surface area contributed by atoms with Crippen molar-refractivity contribution >= 4 is 28.8 Å². The first-order chi connectivity index (χ1) is 14.8. The summed E-state index contributed by atoms with van der Waals surface area (Å²) in [4.78, 5) is 24.6. The molecule has 5 nitrogen and oxygen atoms in total. The Balaban J connectivity index is 1.50. The van der Waals surface area contributed by atoms with Gasteiger partial charge in [-0.1, -0.05) is 42.5 Å². The van der Waals surface area contributed by atoms with Crippen LogP contribution in [0.5, 0.6) is 0 Å². The van der Waals surface area contributed by atoms with Gasteiger partial charge >= 0.3 is 0 Å². The van der Waals surface area contributed by atoms with Crippen LogP contribution in [0.15, 0.2) is 84.7 Å². The van der Waals surface area contributed by atoms with Gasteiger partial charge in [0.05, 0.1) is 17.8 Å². The van der Waals surface area contributed by atoms with Gasteiger partial charge in [-0.25, -0.2) is 9.97 Å². The van der Waals surface area contributed by atoms with Crippen LogP contribution in [-0.4, -0.2) is 15.9 Å². The number of carbonyl (C=O) groups excluding carboxylic acids is 1. The number of rotatable bonds is 3. The molecule has 3 aromatic rings. The topological polar surface area (TPSA) is 58.1 Å². The van der Waals surface area contributed by atoms with E-state index in [1.807, 2.05) is 65.6 Å². The van der Waals surface area contributed by atoms with Crippen molar-refractivity contribution in [3.63, 3.8) is 0 Å². The molecule has 0 spiro atoms. The molecule has 0 bridgehead atoms. The van der Waals surface area contributed by atoms with Crippen LogP contribution in [0.4, 0.5) is 17.3 Å². The van der Waals surface area contributed by atoms with Crippen molar-refractivity contribution in [1.29, 1.82) is 0 Å². The van der Waals surface area contributed by atoms with Gasteiger partial charge in [-0.05, 0) is 48.6 Å².